The van der Waals surface area contributed by atoms with Crippen LogP contribution in [0.4, 0.5) is 0 Å². The fourth-order valence-electron chi connectivity index (χ4n) is 2.15. The van der Waals surface area contributed by atoms with Crippen LogP contribution in [0.1, 0.15) is 57.4 Å². The molecule has 0 aliphatic rings. The molecule has 0 heterocycles. The maximum atomic E-state index is 10.8. The Bertz CT molecular complexity index is 514. The molecule has 1 unspecified atom stereocenters. The van der Waals surface area contributed by atoms with Crippen molar-refractivity contribution in [3.63, 3.8) is 0 Å². The molecule has 120 valence electrons. The third-order valence-electron chi connectivity index (χ3n) is 3.60. The highest BCUT2D eigenvalue weighted by Crippen LogP contribution is 2.28. The molecule has 1 aromatic carbocycles. The summed E-state index contributed by atoms with van der Waals surface area (Å²) < 4.78 is 27.4. The van der Waals surface area contributed by atoms with Gasteiger partial charge in [-0.1, -0.05) is 44.9 Å². The van der Waals surface area contributed by atoms with E-state index < -0.39 is 9.05 Å². The smallest absolute Gasteiger partial charge is 0.232 e. The predicted molar refractivity (Wildman–Crippen MR) is 88.8 cm³/mol. The highest BCUT2D eigenvalue weighted by Gasteiger charge is 2.09. The summed E-state index contributed by atoms with van der Waals surface area (Å²) in [6.45, 7) is 5.04. The van der Waals surface area contributed by atoms with Gasteiger partial charge in [-0.25, -0.2) is 8.42 Å². The van der Waals surface area contributed by atoms with Gasteiger partial charge in [0.25, 0.3) is 0 Å². The molecule has 3 nitrogen and oxygen atoms in total. The van der Waals surface area contributed by atoms with E-state index in [1.54, 1.807) is 0 Å². The topological polar surface area (TPSA) is 43.4 Å². The van der Waals surface area contributed by atoms with Gasteiger partial charge in [0.2, 0.25) is 9.05 Å². The van der Waals surface area contributed by atoms with Crippen molar-refractivity contribution in [3.05, 3.63) is 29.8 Å². The number of benzene rings is 1. The quantitative estimate of drug-likeness (QED) is 0.460. The number of ether oxygens (including phenoxy) is 1. The average Bonchev–Trinajstić information content (AvgIpc) is 2.44. The van der Waals surface area contributed by atoms with Crippen LogP contribution in [0.2, 0.25) is 0 Å². The summed E-state index contributed by atoms with van der Waals surface area (Å²) in [6, 6.07) is 8.17. The maximum Gasteiger partial charge on any atom is 0.232 e. The first kappa shape index (κ1) is 18.3. The van der Waals surface area contributed by atoms with Crippen molar-refractivity contribution in [3.8, 4) is 5.75 Å². The van der Waals surface area contributed by atoms with Crippen molar-refractivity contribution in [1.29, 1.82) is 0 Å². The van der Waals surface area contributed by atoms with Gasteiger partial charge in [0.1, 0.15) is 5.75 Å². The zero-order chi connectivity index (χ0) is 15.7. The third kappa shape index (κ3) is 7.72. The monoisotopic (exact) mass is 332 g/mol. The second-order valence-electron chi connectivity index (χ2n) is 5.35. The van der Waals surface area contributed by atoms with Gasteiger partial charge < -0.3 is 4.74 Å². The maximum absolute atomic E-state index is 10.8. The van der Waals surface area contributed by atoms with E-state index in [1.165, 1.54) is 5.56 Å². The highest BCUT2D eigenvalue weighted by molar-refractivity contribution is 8.13. The van der Waals surface area contributed by atoms with Crippen molar-refractivity contribution < 1.29 is 13.2 Å². The molecule has 0 aliphatic carbocycles. The van der Waals surface area contributed by atoms with E-state index in [9.17, 15) is 8.42 Å². The van der Waals surface area contributed by atoms with Crippen molar-refractivity contribution in [2.24, 2.45) is 0 Å². The predicted octanol–water partition coefficient (Wildman–Crippen LogP) is 4.71. The van der Waals surface area contributed by atoms with Crippen molar-refractivity contribution in [2.75, 3.05) is 12.4 Å². The molecule has 5 heteroatoms. The second kappa shape index (κ2) is 9.31. The summed E-state index contributed by atoms with van der Waals surface area (Å²) in [4.78, 5) is 0. The van der Waals surface area contributed by atoms with Crippen LogP contribution in [-0.2, 0) is 9.05 Å². The average molecular weight is 333 g/mol. The van der Waals surface area contributed by atoms with Crippen LogP contribution in [-0.4, -0.2) is 20.8 Å². The molecule has 0 aliphatic heterocycles. The van der Waals surface area contributed by atoms with E-state index >= 15 is 0 Å². The lowest BCUT2D eigenvalue weighted by Crippen LogP contribution is -2.02. The summed E-state index contributed by atoms with van der Waals surface area (Å²) in [5, 5.41) is 0. The number of hydrogen-bond donors (Lipinski definition) is 0. The van der Waals surface area contributed by atoms with Gasteiger partial charge >= 0.3 is 0 Å². The molecule has 1 aromatic rings. The lowest BCUT2D eigenvalue weighted by Gasteiger charge is -2.15. The van der Waals surface area contributed by atoms with Crippen molar-refractivity contribution in [2.45, 2.75) is 51.9 Å². The van der Waals surface area contributed by atoms with E-state index in [0.717, 1.165) is 31.4 Å². The molecule has 0 amide bonds. The number of para-hydroxylation sites is 1. The molecule has 0 radical (unpaired) electrons. The van der Waals surface area contributed by atoms with E-state index in [1.807, 2.05) is 18.2 Å². The van der Waals surface area contributed by atoms with E-state index in [4.69, 9.17) is 15.4 Å². The molecule has 0 fully saturated rings. The van der Waals surface area contributed by atoms with Gasteiger partial charge in [-0.3, -0.25) is 0 Å². The van der Waals surface area contributed by atoms with Gasteiger partial charge in [0, 0.05) is 10.7 Å². The highest BCUT2D eigenvalue weighted by atomic mass is 35.7. The molecule has 0 saturated carbocycles. The Balaban J connectivity index is 2.27. The lowest BCUT2D eigenvalue weighted by atomic mass is 9.98. The first-order valence-corrected chi connectivity index (χ1v) is 10.1. The Kier molecular flexibility index (Phi) is 8.12. The summed E-state index contributed by atoms with van der Waals surface area (Å²) in [5.74, 6) is 1.53. The standard InChI is InChI=1S/C16H25ClO3S/c1-3-14(2)15-10-6-7-11-16(15)20-12-8-4-5-9-13-21(17,18)19/h6-7,10-11,14H,3-5,8-9,12-13H2,1-2H3. The Morgan fingerprint density at radius 2 is 1.81 bits per heavy atom. The second-order valence-corrected chi connectivity index (χ2v) is 8.25. The van der Waals surface area contributed by atoms with Gasteiger partial charge in [-0.15, -0.1) is 0 Å². The Labute approximate surface area is 133 Å². The van der Waals surface area contributed by atoms with E-state index in [2.05, 4.69) is 19.9 Å². The SMILES string of the molecule is CCC(C)c1ccccc1OCCCCCCS(=O)(=O)Cl. The number of halogens is 1. The van der Waals surface area contributed by atoms with Crippen LogP contribution in [0.25, 0.3) is 0 Å². The van der Waals surface area contributed by atoms with Gasteiger partial charge in [-0.05, 0) is 36.8 Å². The molecular formula is C16H25ClO3S. The first-order chi connectivity index (χ1) is 9.94. The molecule has 0 aromatic heterocycles. The van der Waals surface area contributed by atoms with Crippen LogP contribution in [0, 0.1) is 0 Å². The van der Waals surface area contributed by atoms with Crippen LogP contribution in [0.15, 0.2) is 24.3 Å². The number of rotatable bonds is 10. The molecule has 0 saturated heterocycles. The molecule has 0 bridgehead atoms. The van der Waals surface area contributed by atoms with E-state index in [0.29, 0.717) is 18.9 Å². The third-order valence-corrected chi connectivity index (χ3v) is 4.84. The van der Waals surface area contributed by atoms with E-state index in [-0.39, 0.29) is 5.75 Å². The Morgan fingerprint density at radius 1 is 1.14 bits per heavy atom. The Morgan fingerprint density at radius 3 is 2.48 bits per heavy atom. The normalized spacial score (nSPS) is 13.1. The zero-order valence-corrected chi connectivity index (χ0v) is 14.4. The molecule has 0 N–H and O–H groups in total. The molecule has 21 heavy (non-hydrogen) atoms. The minimum absolute atomic E-state index is 0.0618. The fraction of sp³-hybridized carbons (Fsp3) is 0.625. The number of hydrogen-bond acceptors (Lipinski definition) is 3. The van der Waals surface area contributed by atoms with Gasteiger partial charge in [0.15, 0.2) is 0 Å². The summed E-state index contributed by atoms with van der Waals surface area (Å²) in [6.07, 6.45) is 4.46. The first-order valence-electron chi connectivity index (χ1n) is 7.58. The number of unbranched alkanes of at least 4 members (excludes halogenated alkanes) is 3. The lowest BCUT2D eigenvalue weighted by molar-refractivity contribution is 0.300. The van der Waals surface area contributed by atoms with Crippen LogP contribution in [0.5, 0.6) is 5.75 Å². The summed E-state index contributed by atoms with van der Waals surface area (Å²) >= 11 is 0. The minimum Gasteiger partial charge on any atom is -0.493 e. The summed E-state index contributed by atoms with van der Waals surface area (Å²) in [7, 11) is 1.82. The Hall–Kier alpha value is -0.740. The van der Waals surface area contributed by atoms with Gasteiger partial charge in [0.05, 0.1) is 12.4 Å². The van der Waals surface area contributed by atoms with Crippen molar-refractivity contribution >= 4 is 19.7 Å². The minimum atomic E-state index is -3.34. The van der Waals surface area contributed by atoms with Crippen LogP contribution >= 0.6 is 10.7 Å². The van der Waals surface area contributed by atoms with Gasteiger partial charge in [-0.2, -0.15) is 0 Å². The molecule has 0 spiro atoms. The summed E-state index contributed by atoms with van der Waals surface area (Å²) in [5.41, 5.74) is 1.26. The fourth-order valence-corrected chi connectivity index (χ4v) is 3.03. The largest absolute Gasteiger partial charge is 0.493 e. The zero-order valence-electron chi connectivity index (χ0n) is 12.8. The molecule has 1 atom stereocenters. The molecular weight excluding hydrogens is 308 g/mol. The van der Waals surface area contributed by atoms with Crippen molar-refractivity contribution in [1.82, 2.24) is 0 Å². The van der Waals surface area contributed by atoms with Crippen LogP contribution < -0.4 is 4.74 Å². The van der Waals surface area contributed by atoms with Crippen LogP contribution in [0.3, 0.4) is 0 Å². The molecule has 1 rings (SSSR count).